The van der Waals surface area contributed by atoms with Crippen LogP contribution in [0.1, 0.15) is 19.9 Å². The first-order chi connectivity index (χ1) is 9.97. The number of aromatic nitrogens is 2. The van der Waals surface area contributed by atoms with E-state index in [0.717, 1.165) is 22.4 Å². The van der Waals surface area contributed by atoms with Gasteiger partial charge in [-0.25, -0.2) is 4.98 Å². The number of benzene rings is 2. The van der Waals surface area contributed by atoms with E-state index in [4.69, 9.17) is 33.9 Å². The first-order valence-corrected chi connectivity index (χ1v) is 7.46. The van der Waals surface area contributed by atoms with E-state index < -0.39 is 0 Å². The zero-order chi connectivity index (χ0) is 15.1. The monoisotopic (exact) mass is 319 g/mol. The maximum absolute atomic E-state index is 6.34. The topological polar surface area (TPSA) is 43.8 Å². The third kappa shape index (κ3) is 2.47. The van der Waals surface area contributed by atoms with Gasteiger partial charge in [-0.05, 0) is 50.2 Å². The molecule has 3 nitrogen and oxygen atoms in total. The molecule has 1 aromatic heterocycles. The lowest BCUT2D eigenvalue weighted by Crippen LogP contribution is -2.03. The average molecular weight is 320 g/mol. The molecule has 0 radical (unpaired) electrons. The number of hydrogen-bond acceptors (Lipinski definition) is 2. The summed E-state index contributed by atoms with van der Waals surface area (Å²) in [6.45, 7) is 4.22. The predicted octanol–water partition coefficient (Wildman–Crippen LogP) is 5.17. The van der Waals surface area contributed by atoms with Gasteiger partial charge in [0.1, 0.15) is 5.82 Å². The summed E-state index contributed by atoms with van der Waals surface area (Å²) in [6.07, 6.45) is 0. The van der Waals surface area contributed by atoms with Crippen LogP contribution in [-0.4, -0.2) is 9.55 Å². The Kier molecular flexibility index (Phi) is 3.56. The molecule has 0 aliphatic heterocycles. The Morgan fingerprint density at radius 2 is 1.86 bits per heavy atom. The van der Waals surface area contributed by atoms with Crippen molar-refractivity contribution in [1.82, 2.24) is 9.55 Å². The Morgan fingerprint density at radius 1 is 1.10 bits per heavy atom. The van der Waals surface area contributed by atoms with E-state index in [1.807, 2.05) is 30.3 Å². The Hall–Kier alpha value is -1.71. The van der Waals surface area contributed by atoms with Crippen LogP contribution in [0, 0.1) is 0 Å². The second kappa shape index (κ2) is 5.24. The Balaban J connectivity index is 2.34. The Bertz CT molecular complexity index is 822. The van der Waals surface area contributed by atoms with Crippen LogP contribution in [0.15, 0.2) is 36.4 Å². The fourth-order valence-electron chi connectivity index (χ4n) is 2.49. The molecule has 0 fully saturated rings. The zero-order valence-corrected chi connectivity index (χ0v) is 13.3. The van der Waals surface area contributed by atoms with Crippen molar-refractivity contribution in [1.29, 1.82) is 0 Å². The molecule has 0 saturated heterocycles. The molecule has 0 unspecified atom stereocenters. The van der Waals surface area contributed by atoms with E-state index in [2.05, 4.69) is 18.4 Å². The van der Waals surface area contributed by atoms with Gasteiger partial charge in [0.05, 0.1) is 16.1 Å². The molecule has 108 valence electrons. The first kappa shape index (κ1) is 14.2. The number of nitrogen functional groups attached to an aromatic ring is 1. The van der Waals surface area contributed by atoms with Gasteiger partial charge in [-0.15, -0.1) is 0 Å². The van der Waals surface area contributed by atoms with Crippen LogP contribution in [0.5, 0.6) is 0 Å². The SMILES string of the molecule is CC(C)n1c(-c2ccc(N)cc2Cl)nc2ccc(Cl)cc21. The molecule has 3 rings (SSSR count). The number of hydrogen-bond donors (Lipinski definition) is 1. The van der Waals surface area contributed by atoms with Crippen molar-refractivity contribution in [3.63, 3.8) is 0 Å². The second-order valence-corrected chi connectivity index (χ2v) is 6.12. The summed E-state index contributed by atoms with van der Waals surface area (Å²) < 4.78 is 2.14. The fraction of sp³-hybridized carbons (Fsp3) is 0.188. The lowest BCUT2D eigenvalue weighted by molar-refractivity contribution is 0.624. The predicted molar refractivity (Wildman–Crippen MR) is 90.0 cm³/mol. The summed E-state index contributed by atoms with van der Waals surface area (Å²) >= 11 is 12.5. The average Bonchev–Trinajstić information content (AvgIpc) is 2.76. The highest BCUT2D eigenvalue weighted by Gasteiger charge is 2.17. The lowest BCUT2D eigenvalue weighted by Gasteiger charge is -2.14. The molecule has 0 amide bonds. The molecule has 0 atom stereocenters. The van der Waals surface area contributed by atoms with Gasteiger partial charge in [-0.3, -0.25) is 0 Å². The van der Waals surface area contributed by atoms with Gasteiger partial charge in [-0.1, -0.05) is 23.2 Å². The Labute approximate surface area is 133 Å². The van der Waals surface area contributed by atoms with E-state index in [0.29, 0.717) is 15.7 Å². The maximum Gasteiger partial charge on any atom is 0.142 e. The van der Waals surface area contributed by atoms with Crippen molar-refractivity contribution in [2.45, 2.75) is 19.9 Å². The van der Waals surface area contributed by atoms with E-state index in [9.17, 15) is 0 Å². The number of nitrogens with zero attached hydrogens (tertiary/aromatic N) is 2. The molecule has 3 aromatic rings. The fourth-order valence-corrected chi connectivity index (χ4v) is 2.93. The standard InChI is InChI=1S/C16H15Cl2N3/c1-9(2)21-15-7-10(17)3-6-14(15)20-16(21)12-5-4-11(19)8-13(12)18/h3-9H,19H2,1-2H3. The quantitative estimate of drug-likeness (QED) is 0.662. The number of halogens is 2. The van der Waals surface area contributed by atoms with E-state index in [1.54, 1.807) is 6.07 Å². The molecule has 5 heteroatoms. The van der Waals surface area contributed by atoms with Crippen LogP contribution in [0.2, 0.25) is 10.0 Å². The summed E-state index contributed by atoms with van der Waals surface area (Å²) in [6, 6.07) is 11.4. The summed E-state index contributed by atoms with van der Waals surface area (Å²) in [5.74, 6) is 0.826. The van der Waals surface area contributed by atoms with Gasteiger partial charge in [-0.2, -0.15) is 0 Å². The molecular formula is C16H15Cl2N3. The molecule has 1 heterocycles. The van der Waals surface area contributed by atoms with Gasteiger partial charge in [0.15, 0.2) is 0 Å². The number of fused-ring (bicyclic) bond motifs is 1. The summed E-state index contributed by atoms with van der Waals surface area (Å²) in [4.78, 5) is 4.71. The number of nitrogens with two attached hydrogens (primary N) is 1. The third-order valence-corrected chi connectivity index (χ3v) is 3.95. The number of anilines is 1. The summed E-state index contributed by atoms with van der Waals surface area (Å²) in [5, 5.41) is 1.29. The second-order valence-electron chi connectivity index (χ2n) is 5.27. The van der Waals surface area contributed by atoms with Crippen LogP contribution in [0.3, 0.4) is 0 Å². The minimum absolute atomic E-state index is 0.233. The molecule has 21 heavy (non-hydrogen) atoms. The molecule has 0 aliphatic carbocycles. The molecular weight excluding hydrogens is 305 g/mol. The molecule has 0 spiro atoms. The van der Waals surface area contributed by atoms with Crippen molar-refractivity contribution < 1.29 is 0 Å². The van der Waals surface area contributed by atoms with Gasteiger partial charge < -0.3 is 10.3 Å². The summed E-state index contributed by atoms with van der Waals surface area (Å²) in [5.41, 5.74) is 9.17. The Morgan fingerprint density at radius 3 is 2.52 bits per heavy atom. The highest BCUT2D eigenvalue weighted by atomic mass is 35.5. The number of imidazole rings is 1. The molecule has 0 saturated carbocycles. The van der Waals surface area contributed by atoms with Crippen LogP contribution in [0.4, 0.5) is 5.69 Å². The molecule has 0 bridgehead atoms. The van der Waals surface area contributed by atoms with Crippen LogP contribution >= 0.6 is 23.2 Å². The minimum Gasteiger partial charge on any atom is -0.399 e. The normalized spacial score (nSPS) is 11.5. The highest BCUT2D eigenvalue weighted by Crippen LogP contribution is 2.34. The van der Waals surface area contributed by atoms with Gasteiger partial charge >= 0.3 is 0 Å². The minimum atomic E-state index is 0.233. The summed E-state index contributed by atoms with van der Waals surface area (Å²) in [7, 11) is 0. The van der Waals surface area contributed by atoms with Crippen molar-refractivity contribution in [3.05, 3.63) is 46.4 Å². The van der Waals surface area contributed by atoms with Crippen LogP contribution in [-0.2, 0) is 0 Å². The smallest absolute Gasteiger partial charge is 0.142 e. The largest absolute Gasteiger partial charge is 0.399 e. The van der Waals surface area contributed by atoms with Crippen molar-refractivity contribution >= 4 is 39.9 Å². The van der Waals surface area contributed by atoms with E-state index in [-0.39, 0.29) is 6.04 Å². The molecule has 2 N–H and O–H groups in total. The molecule has 2 aromatic carbocycles. The third-order valence-electron chi connectivity index (χ3n) is 3.40. The van der Waals surface area contributed by atoms with E-state index in [1.165, 1.54) is 0 Å². The zero-order valence-electron chi connectivity index (χ0n) is 11.8. The van der Waals surface area contributed by atoms with Gasteiger partial charge in [0.2, 0.25) is 0 Å². The van der Waals surface area contributed by atoms with E-state index >= 15 is 0 Å². The lowest BCUT2D eigenvalue weighted by atomic mass is 10.2. The molecule has 0 aliphatic rings. The van der Waals surface area contributed by atoms with Crippen molar-refractivity contribution in [3.8, 4) is 11.4 Å². The van der Waals surface area contributed by atoms with Crippen molar-refractivity contribution in [2.24, 2.45) is 0 Å². The first-order valence-electron chi connectivity index (χ1n) is 6.70. The van der Waals surface area contributed by atoms with Crippen LogP contribution < -0.4 is 5.73 Å². The van der Waals surface area contributed by atoms with Crippen molar-refractivity contribution in [2.75, 3.05) is 5.73 Å². The maximum atomic E-state index is 6.34. The number of rotatable bonds is 2. The highest BCUT2D eigenvalue weighted by molar-refractivity contribution is 6.33. The van der Waals surface area contributed by atoms with Gasteiger partial charge in [0, 0.05) is 22.3 Å². The van der Waals surface area contributed by atoms with Crippen LogP contribution in [0.25, 0.3) is 22.4 Å². The van der Waals surface area contributed by atoms with Gasteiger partial charge in [0.25, 0.3) is 0 Å².